The predicted octanol–water partition coefficient (Wildman–Crippen LogP) is 2.71. The van der Waals surface area contributed by atoms with Gasteiger partial charge in [0, 0.05) is 25.1 Å². The van der Waals surface area contributed by atoms with Crippen LogP contribution in [0.3, 0.4) is 0 Å². The molecule has 1 atom stereocenters. The fourth-order valence-electron chi connectivity index (χ4n) is 3.39. The van der Waals surface area contributed by atoms with Gasteiger partial charge in [-0.15, -0.1) is 0 Å². The molecule has 0 saturated heterocycles. The van der Waals surface area contributed by atoms with Gasteiger partial charge in [0.05, 0.1) is 5.60 Å². The van der Waals surface area contributed by atoms with Gasteiger partial charge >= 0.3 is 0 Å². The highest BCUT2D eigenvalue weighted by Crippen LogP contribution is 2.37. The number of ether oxygens (including phenoxy) is 1. The maximum atomic E-state index is 6.57. The van der Waals surface area contributed by atoms with Crippen molar-refractivity contribution in [3.8, 4) is 0 Å². The summed E-state index contributed by atoms with van der Waals surface area (Å²) < 4.78 is 8.11. The summed E-state index contributed by atoms with van der Waals surface area (Å²) in [6, 6.07) is 0.288. The molecule has 0 bridgehead atoms. The second kappa shape index (κ2) is 6.88. The van der Waals surface area contributed by atoms with E-state index in [-0.39, 0.29) is 11.6 Å². The van der Waals surface area contributed by atoms with Crippen LogP contribution in [0.15, 0.2) is 6.33 Å². The molecule has 2 rings (SSSR count). The maximum Gasteiger partial charge on any atom is 0.138 e. The quantitative estimate of drug-likeness (QED) is 0.876. The minimum Gasteiger partial charge on any atom is -0.374 e. The van der Waals surface area contributed by atoms with E-state index < -0.39 is 0 Å². The van der Waals surface area contributed by atoms with E-state index in [4.69, 9.17) is 10.5 Å². The van der Waals surface area contributed by atoms with Crippen molar-refractivity contribution >= 4 is 0 Å². The normalized spacial score (nSPS) is 28.0. The van der Waals surface area contributed by atoms with Crippen LogP contribution in [0.25, 0.3) is 0 Å². The van der Waals surface area contributed by atoms with Crippen molar-refractivity contribution in [1.82, 2.24) is 14.8 Å². The van der Waals surface area contributed by atoms with Crippen LogP contribution >= 0.6 is 0 Å². The summed E-state index contributed by atoms with van der Waals surface area (Å²) >= 11 is 0. The van der Waals surface area contributed by atoms with E-state index >= 15 is 0 Å². The van der Waals surface area contributed by atoms with Crippen molar-refractivity contribution in [2.24, 2.45) is 11.7 Å². The lowest BCUT2D eigenvalue weighted by Crippen LogP contribution is -2.53. The molecule has 1 aliphatic rings. The van der Waals surface area contributed by atoms with Gasteiger partial charge in [-0.3, -0.25) is 0 Å². The average molecular weight is 294 g/mol. The van der Waals surface area contributed by atoms with Crippen LogP contribution in [0.4, 0.5) is 0 Å². The Bertz CT molecular complexity index is 435. The van der Waals surface area contributed by atoms with Gasteiger partial charge in [0.15, 0.2) is 0 Å². The van der Waals surface area contributed by atoms with E-state index in [2.05, 4.69) is 37.8 Å². The van der Waals surface area contributed by atoms with Crippen LogP contribution in [-0.2, 0) is 11.2 Å². The van der Waals surface area contributed by atoms with Gasteiger partial charge in [-0.2, -0.15) is 5.10 Å². The molecule has 1 unspecified atom stereocenters. The second-order valence-corrected chi connectivity index (χ2v) is 6.71. The molecule has 0 aliphatic heterocycles. The monoisotopic (exact) mass is 294 g/mol. The topological polar surface area (TPSA) is 66.0 Å². The van der Waals surface area contributed by atoms with Crippen LogP contribution < -0.4 is 5.73 Å². The zero-order chi connectivity index (χ0) is 15.5. The summed E-state index contributed by atoms with van der Waals surface area (Å²) in [7, 11) is 0. The minimum atomic E-state index is -0.185. The van der Waals surface area contributed by atoms with Crippen molar-refractivity contribution in [3.63, 3.8) is 0 Å². The Balaban J connectivity index is 2.11. The molecule has 1 fully saturated rings. The molecule has 5 heteroatoms. The van der Waals surface area contributed by atoms with Crippen LogP contribution in [0.1, 0.15) is 65.2 Å². The zero-order valence-corrected chi connectivity index (χ0v) is 13.9. The van der Waals surface area contributed by atoms with Crippen LogP contribution in [0.5, 0.6) is 0 Å². The molecule has 1 aromatic heterocycles. The highest BCUT2D eigenvalue weighted by Gasteiger charge is 2.40. The van der Waals surface area contributed by atoms with E-state index in [9.17, 15) is 0 Å². The first kappa shape index (κ1) is 16.4. The van der Waals surface area contributed by atoms with Gasteiger partial charge in [-0.25, -0.2) is 9.67 Å². The number of nitrogens with two attached hydrogens (primary N) is 1. The highest BCUT2D eigenvalue weighted by atomic mass is 16.5. The Morgan fingerprint density at radius 1 is 1.43 bits per heavy atom. The molecular formula is C16H30N4O. The fourth-order valence-corrected chi connectivity index (χ4v) is 3.39. The van der Waals surface area contributed by atoms with Crippen LogP contribution in [0.2, 0.25) is 0 Å². The maximum absolute atomic E-state index is 6.57. The lowest BCUT2D eigenvalue weighted by Gasteiger charge is -2.43. The Labute approximate surface area is 128 Å². The van der Waals surface area contributed by atoms with Gasteiger partial charge in [0.1, 0.15) is 12.2 Å². The number of rotatable bonds is 6. The standard InChI is InChI=1S/C16H30N4O/c1-5-21-16(8-6-13(4)7-9-16)14(17)10-15-18-11-19-20(15)12(2)3/h11-14H,5-10,17H2,1-4H3. The van der Waals surface area contributed by atoms with E-state index in [1.807, 2.05) is 4.68 Å². The van der Waals surface area contributed by atoms with Gasteiger partial charge in [0.2, 0.25) is 0 Å². The Morgan fingerprint density at radius 2 is 2.10 bits per heavy atom. The third kappa shape index (κ3) is 3.64. The van der Waals surface area contributed by atoms with E-state index in [1.54, 1.807) is 6.33 Å². The summed E-state index contributed by atoms with van der Waals surface area (Å²) in [4.78, 5) is 4.39. The molecule has 1 aliphatic carbocycles. The molecule has 1 aromatic rings. The third-order valence-corrected chi connectivity index (χ3v) is 4.77. The lowest BCUT2D eigenvalue weighted by molar-refractivity contribution is -0.0888. The summed E-state index contributed by atoms with van der Waals surface area (Å²) in [6.45, 7) is 9.33. The van der Waals surface area contributed by atoms with Crippen LogP contribution in [-0.4, -0.2) is 33.0 Å². The SMILES string of the molecule is CCOC1(C(N)Cc2ncnn2C(C)C)CCC(C)CC1. The highest BCUT2D eigenvalue weighted by molar-refractivity contribution is 5.01. The van der Waals surface area contributed by atoms with Gasteiger partial charge in [-0.1, -0.05) is 6.92 Å². The summed E-state index contributed by atoms with van der Waals surface area (Å²) in [5.41, 5.74) is 6.38. The van der Waals surface area contributed by atoms with Gasteiger partial charge in [0.25, 0.3) is 0 Å². The summed E-state index contributed by atoms with van der Waals surface area (Å²) in [5, 5.41) is 4.30. The van der Waals surface area contributed by atoms with E-state index in [0.717, 1.165) is 37.6 Å². The van der Waals surface area contributed by atoms with E-state index in [1.165, 1.54) is 12.8 Å². The molecule has 0 radical (unpaired) electrons. The molecule has 120 valence electrons. The first-order valence-electron chi connectivity index (χ1n) is 8.26. The first-order chi connectivity index (χ1) is 9.98. The first-order valence-corrected chi connectivity index (χ1v) is 8.26. The van der Waals surface area contributed by atoms with Crippen molar-refractivity contribution in [2.45, 2.75) is 77.5 Å². The van der Waals surface area contributed by atoms with Crippen molar-refractivity contribution in [3.05, 3.63) is 12.2 Å². The molecule has 1 saturated carbocycles. The van der Waals surface area contributed by atoms with Crippen molar-refractivity contribution in [2.75, 3.05) is 6.61 Å². The van der Waals surface area contributed by atoms with Crippen molar-refractivity contribution in [1.29, 1.82) is 0 Å². The largest absolute Gasteiger partial charge is 0.374 e. The Morgan fingerprint density at radius 3 is 2.67 bits per heavy atom. The Kier molecular flexibility index (Phi) is 5.38. The van der Waals surface area contributed by atoms with Gasteiger partial charge < -0.3 is 10.5 Å². The second-order valence-electron chi connectivity index (χ2n) is 6.71. The minimum absolute atomic E-state index is 0.0216. The molecule has 0 spiro atoms. The number of hydrogen-bond donors (Lipinski definition) is 1. The average Bonchev–Trinajstić information content (AvgIpc) is 2.90. The van der Waals surface area contributed by atoms with Crippen molar-refractivity contribution < 1.29 is 4.74 Å². The van der Waals surface area contributed by atoms with Gasteiger partial charge in [-0.05, 0) is 52.4 Å². The van der Waals surface area contributed by atoms with E-state index in [0.29, 0.717) is 6.04 Å². The molecular weight excluding hydrogens is 264 g/mol. The third-order valence-electron chi connectivity index (χ3n) is 4.77. The molecule has 0 aromatic carbocycles. The molecule has 0 amide bonds. The summed E-state index contributed by atoms with van der Waals surface area (Å²) in [5.74, 6) is 1.75. The number of hydrogen-bond acceptors (Lipinski definition) is 4. The number of aromatic nitrogens is 3. The molecule has 5 nitrogen and oxygen atoms in total. The predicted molar refractivity (Wildman–Crippen MR) is 84.1 cm³/mol. The summed E-state index contributed by atoms with van der Waals surface area (Å²) in [6.07, 6.45) is 6.86. The Hall–Kier alpha value is -0.940. The van der Waals surface area contributed by atoms with Crippen LogP contribution in [0, 0.1) is 5.92 Å². The lowest BCUT2D eigenvalue weighted by atomic mass is 9.74. The molecule has 1 heterocycles. The molecule has 21 heavy (non-hydrogen) atoms. The number of nitrogens with zero attached hydrogens (tertiary/aromatic N) is 3. The molecule has 2 N–H and O–H groups in total. The smallest absolute Gasteiger partial charge is 0.138 e. The zero-order valence-electron chi connectivity index (χ0n) is 13.9. The fraction of sp³-hybridized carbons (Fsp3) is 0.875.